The fourth-order valence-corrected chi connectivity index (χ4v) is 3.64. The molecule has 1 atom stereocenters. The smallest absolute Gasteiger partial charge is 0.337 e. The molecule has 0 fully saturated rings. The lowest BCUT2D eigenvalue weighted by atomic mass is 9.95. The predicted octanol–water partition coefficient (Wildman–Crippen LogP) is 1.65. The van der Waals surface area contributed by atoms with Gasteiger partial charge in [0, 0.05) is 17.3 Å². The van der Waals surface area contributed by atoms with Gasteiger partial charge >= 0.3 is 17.7 Å². The Labute approximate surface area is 221 Å². The highest BCUT2D eigenvalue weighted by Crippen LogP contribution is 2.37. The van der Waals surface area contributed by atoms with E-state index in [4.69, 9.17) is 18.9 Å². The fraction of sp³-hybridized carbons (Fsp3) is 0.250. The minimum absolute atomic E-state index is 0.135. The molecule has 1 heterocycles. The van der Waals surface area contributed by atoms with E-state index in [1.807, 2.05) is 0 Å². The maximum atomic E-state index is 12.3. The zero-order chi connectivity index (χ0) is 28.7. The molecule has 2 aromatic rings. The molecule has 3 rings (SSSR count). The Morgan fingerprint density at radius 3 is 2.51 bits per heavy atom. The summed E-state index contributed by atoms with van der Waals surface area (Å²) in [7, 11) is 3.84. The van der Waals surface area contributed by atoms with Crippen LogP contribution in [0.25, 0.3) is 0 Å². The first-order chi connectivity index (χ1) is 18.6. The van der Waals surface area contributed by atoms with E-state index >= 15 is 0 Å². The van der Waals surface area contributed by atoms with Crippen molar-refractivity contribution in [2.45, 2.75) is 13.0 Å². The van der Waals surface area contributed by atoms with Crippen LogP contribution in [0.1, 0.15) is 24.1 Å². The van der Waals surface area contributed by atoms with E-state index < -0.39 is 46.9 Å². The number of hydrogen-bond donors (Lipinski definition) is 4. The van der Waals surface area contributed by atoms with Crippen molar-refractivity contribution in [2.24, 2.45) is 5.10 Å². The zero-order valence-electron chi connectivity index (χ0n) is 21.3. The molecule has 4 N–H and O–H groups in total. The Morgan fingerprint density at radius 1 is 1.15 bits per heavy atom. The van der Waals surface area contributed by atoms with Crippen molar-refractivity contribution in [2.75, 3.05) is 27.9 Å². The Morgan fingerprint density at radius 2 is 1.87 bits per heavy atom. The molecule has 0 spiro atoms. The van der Waals surface area contributed by atoms with E-state index in [-0.39, 0.29) is 28.4 Å². The zero-order valence-corrected chi connectivity index (χ0v) is 21.3. The van der Waals surface area contributed by atoms with Gasteiger partial charge in [-0.2, -0.15) is 5.10 Å². The van der Waals surface area contributed by atoms with E-state index in [0.717, 1.165) is 12.3 Å². The van der Waals surface area contributed by atoms with E-state index in [1.165, 1.54) is 33.5 Å². The number of amides is 3. The van der Waals surface area contributed by atoms with Crippen molar-refractivity contribution in [3.05, 3.63) is 62.8 Å². The minimum Gasteiger partial charge on any atom is -0.500 e. The second-order valence-corrected chi connectivity index (χ2v) is 7.90. The van der Waals surface area contributed by atoms with Crippen molar-refractivity contribution in [3.63, 3.8) is 0 Å². The highest BCUT2D eigenvalue weighted by atomic mass is 16.6. The summed E-state index contributed by atoms with van der Waals surface area (Å²) in [5.74, 6) is -1.63. The van der Waals surface area contributed by atoms with E-state index in [1.54, 1.807) is 19.1 Å². The number of aromatic hydroxyl groups is 1. The third-order valence-corrected chi connectivity index (χ3v) is 5.45. The summed E-state index contributed by atoms with van der Waals surface area (Å²) in [6, 6.07) is 5.68. The number of nitro benzene ring substituents is 1. The molecule has 0 saturated carbocycles. The first-order valence-electron chi connectivity index (χ1n) is 11.1. The summed E-state index contributed by atoms with van der Waals surface area (Å²) in [6.45, 7) is 1.11. The molecule has 39 heavy (non-hydrogen) atoms. The molecule has 2 aromatic carbocycles. The highest BCUT2D eigenvalue weighted by molar-refractivity contribution is 5.95. The minimum atomic E-state index is -0.818. The molecule has 0 saturated heterocycles. The highest BCUT2D eigenvalue weighted by Gasteiger charge is 2.32. The third kappa shape index (κ3) is 6.51. The maximum absolute atomic E-state index is 12.3. The molecule has 0 radical (unpaired) electrons. The predicted molar refractivity (Wildman–Crippen MR) is 135 cm³/mol. The summed E-state index contributed by atoms with van der Waals surface area (Å²) in [4.78, 5) is 46.9. The lowest BCUT2D eigenvalue weighted by Gasteiger charge is -2.28. The number of hydrogen-bond acceptors (Lipinski definition) is 11. The summed E-state index contributed by atoms with van der Waals surface area (Å²) in [5, 5.41) is 29.9. The van der Waals surface area contributed by atoms with Crippen LogP contribution < -0.4 is 30.3 Å². The number of nitrogens with zero attached hydrogens (tertiary/aromatic N) is 2. The van der Waals surface area contributed by atoms with Crippen molar-refractivity contribution in [1.29, 1.82) is 0 Å². The van der Waals surface area contributed by atoms with Gasteiger partial charge in [0.25, 0.3) is 5.91 Å². The van der Waals surface area contributed by atoms with Gasteiger partial charge in [0.05, 0.1) is 44.1 Å². The largest absolute Gasteiger partial charge is 0.500 e. The number of methoxy groups -OCH3 is 3. The van der Waals surface area contributed by atoms with Crippen LogP contribution in [0, 0.1) is 10.1 Å². The second-order valence-electron chi connectivity index (χ2n) is 7.90. The molecule has 0 bridgehead atoms. The number of nitro groups is 1. The van der Waals surface area contributed by atoms with E-state index in [9.17, 15) is 29.6 Å². The number of carbonyl (C=O) groups is 3. The number of allylic oxidation sites excluding steroid dienone is 1. The summed E-state index contributed by atoms with van der Waals surface area (Å²) in [6.07, 6.45) is 1.13. The first kappa shape index (κ1) is 28.2. The van der Waals surface area contributed by atoms with Gasteiger partial charge in [0.15, 0.2) is 23.9 Å². The molecule has 15 heteroatoms. The second kappa shape index (κ2) is 12.3. The number of phenols is 1. The van der Waals surface area contributed by atoms with Gasteiger partial charge < -0.3 is 34.7 Å². The van der Waals surface area contributed by atoms with Crippen LogP contribution in [0.15, 0.2) is 46.7 Å². The summed E-state index contributed by atoms with van der Waals surface area (Å²) in [5.41, 5.74) is 2.87. The monoisotopic (exact) mass is 543 g/mol. The number of rotatable bonds is 10. The first-order valence-corrected chi connectivity index (χ1v) is 11.1. The summed E-state index contributed by atoms with van der Waals surface area (Å²) < 4.78 is 20.6. The number of ether oxygens (including phenoxy) is 4. The standard InChI is InChI=1S/C24H25N5O10/c1-12-20(23(32)38-4)21(27-24(33)26-12)14-5-6-16(17(9-14)36-2)39-11-19(30)28-25-10-13-7-15(29(34)35)22(31)18(8-13)37-3/h5-10,21,31H,11H2,1-4H3,(H,28,30)(H2,26,27,33)/b25-10-/t21-/m1/s1. The van der Waals surface area contributed by atoms with Gasteiger partial charge in [0.1, 0.15) is 0 Å². The molecular weight excluding hydrogens is 518 g/mol. The van der Waals surface area contributed by atoms with Gasteiger partial charge in [-0.1, -0.05) is 6.07 Å². The van der Waals surface area contributed by atoms with Gasteiger partial charge in [0.2, 0.25) is 5.75 Å². The van der Waals surface area contributed by atoms with Gasteiger partial charge in [-0.25, -0.2) is 15.0 Å². The third-order valence-electron chi connectivity index (χ3n) is 5.45. The lowest BCUT2D eigenvalue weighted by Crippen LogP contribution is -2.45. The van der Waals surface area contributed by atoms with Crippen LogP contribution in [0.3, 0.4) is 0 Å². The molecular formula is C24H25N5O10. The maximum Gasteiger partial charge on any atom is 0.337 e. The Hall–Kier alpha value is -5.34. The molecule has 1 aliphatic heterocycles. The summed E-state index contributed by atoms with van der Waals surface area (Å²) >= 11 is 0. The molecule has 1 aliphatic rings. The quantitative estimate of drug-likeness (QED) is 0.148. The van der Waals surface area contributed by atoms with Crippen LogP contribution in [-0.2, 0) is 14.3 Å². The molecule has 0 unspecified atom stereocenters. The average Bonchev–Trinajstić information content (AvgIpc) is 2.91. The number of urea groups is 1. The molecule has 3 amide bonds. The Balaban J connectivity index is 1.69. The van der Waals surface area contributed by atoms with Crippen LogP contribution >= 0.6 is 0 Å². The topological polar surface area (TPSA) is 200 Å². The molecule has 0 aromatic heterocycles. The van der Waals surface area contributed by atoms with Crippen LogP contribution in [-0.4, -0.2) is 62.1 Å². The van der Waals surface area contributed by atoms with Crippen LogP contribution in [0.5, 0.6) is 23.0 Å². The Bertz CT molecular complexity index is 1370. The van der Waals surface area contributed by atoms with Crippen molar-refractivity contribution in [1.82, 2.24) is 16.1 Å². The van der Waals surface area contributed by atoms with Crippen molar-refractivity contribution < 1.29 is 43.4 Å². The molecule has 15 nitrogen and oxygen atoms in total. The number of benzene rings is 2. The molecule has 206 valence electrons. The lowest BCUT2D eigenvalue weighted by molar-refractivity contribution is -0.386. The van der Waals surface area contributed by atoms with Crippen molar-refractivity contribution in [3.8, 4) is 23.0 Å². The fourth-order valence-electron chi connectivity index (χ4n) is 3.64. The number of hydrazone groups is 1. The normalized spacial score (nSPS) is 14.8. The van der Waals surface area contributed by atoms with Crippen LogP contribution in [0.2, 0.25) is 0 Å². The average molecular weight is 543 g/mol. The van der Waals surface area contributed by atoms with E-state index in [0.29, 0.717) is 11.3 Å². The van der Waals surface area contributed by atoms with Gasteiger partial charge in [-0.05, 0) is 30.7 Å². The van der Waals surface area contributed by atoms with Gasteiger partial charge in [-0.15, -0.1) is 0 Å². The van der Waals surface area contributed by atoms with Crippen LogP contribution in [0.4, 0.5) is 10.5 Å². The number of carbonyl (C=O) groups excluding carboxylic acids is 3. The van der Waals surface area contributed by atoms with Crippen molar-refractivity contribution >= 4 is 29.8 Å². The van der Waals surface area contributed by atoms with Gasteiger partial charge in [-0.3, -0.25) is 14.9 Å². The molecule has 0 aliphatic carbocycles. The Kier molecular flexibility index (Phi) is 8.88. The number of phenolic OH excluding ortho intramolecular Hbond substituents is 1. The number of esters is 1. The van der Waals surface area contributed by atoms with E-state index in [2.05, 4.69) is 21.2 Å². The number of nitrogens with one attached hydrogen (secondary N) is 3. The SMILES string of the molecule is COC(=O)C1=C(C)NC(=O)N[C@@H]1c1ccc(OCC(=O)N/N=C\c2cc(OC)c(O)c([N+](=O)[O-])c2)c(OC)c1.